The number of alkyl halides is 3. The van der Waals surface area contributed by atoms with E-state index in [0.717, 1.165) is 4.90 Å². The molecule has 3 N–H and O–H groups in total. The van der Waals surface area contributed by atoms with Gasteiger partial charge in [0.15, 0.2) is 11.6 Å². The van der Waals surface area contributed by atoms with Crippen molar-refractivity contribution in [2.45, 2.75) is 120 Å². The van der Waals surface area contributed by atoms with Crippen molar-refractivity contribution in [2.75, 3.05) is 44.9 Å². The summed E-state index contributed by atoms with van der Waals surface area (Å²) in [5.41, 5.74) is -4.21. The van der Waals surface area contributed by atoms with Crippen LogP contribution in [-0.4, -0.2) is 133 Å². The average molecular weight is 925 g/mol. The van der Waals surface area contributed by atoms with Crippen molar-refractivity contribution in [3.8, 4) is 11.6 Å². The molecule has 16 nitrogen and oxygen atoms in total. The number of allylic oxidation sites excluding steroid dienone is 1. The molecule has 7 rings (SSSR count). The predicted octanol–water partition coefficient (Wildman–Crippen LogP) is 5.14. The van der Waals surface area contributed by atoms with Crippen LogP contribution in [0, 0.1) is 23.6 Å². The van der Waals surface area contributed by atoms with E-state index in [0.29, 0.717) is 76.9 Å². The molecule has 1 aromatic heterocycles. The van der Waals surface area contributed by atoms with Gasteiger partial charge in [-0.15, -0.1) is 0 Å². The minimum atomic E-state index is -5.13. The molecule has 352 valence electrons. The number of sulfonamides is 1. The second-order valence-corrected chi connectivity index (χ2v) is 20.1. The zero-order valence-corrected chi connectivity index (χ0v) is 37.3. The van der Waals surface area contributed by atoms with Crippen LogP contribution in [0.1, 0.15) is 79.1 Å². The number of nitrogens with one attached hydrogen (secondary N) is 2. The summed E-state index contributed by atoms with van der Waals surface area (Å²) in [6.07, 6.45) is -1.61. The first-order chi connectivity index (χ1) is 30.1. The molecular weight excluding hydrogens is 869 g/mol. The Balaban J connectivity index is 1.32. The van der Waals surface area contributed by atoms with E-state index in [4.69, 9.17) is 14.2 Å². The van der Waals surface area contributed by atoms with E-state index >= 15 is 9.18 Å². The number of morpholine rings is 1. The van der Waals surface area contributed by atoms with E-state index < -0.39 is 98.7 Å². The normalized spacial score (nSPS) is 28.8. The minimum absolute atomic E-state index is 0.0188. The first kappa shape index (κ1) is 47.1. The molecule has 4 amide bonds. The van der Waals surface area contributed by atoms with Crippen LogP contribution < -0.4 is 24.4 Å². The van der Waals surface area contributed by atoms with E-state index in [2.05, 4.69) is 15.0 Å². The first-order valence-electron chi connectivity index (χ1n) is 21.7. The van der Waals surface area contributed by atoms with Gasteiger partial charge in [0.1, 0.15) is 29.3 Å². The van der Waals surface area contributed by atoms with Gasteiger partial charge in [-0.2, -0.15) is 13.2 Å². The highest BCUT2D eigenvalue weighted by Gasteiger charge is 2.63. The lowest BCUT2D eigenvalue weighted by Crippen LogP contribution is -2.66. The lowest BCUT2D eigenvalue weighted by molar-refractivity contribution is -0.222. The van der Waals surface area contributed by atoms with Gasteiger partial charge >= 0.3 is 12.3 Å². The van der Waals surface area contributed by atoms with Crippen LogP contribution in [0.4, 0.5) is 28.0 Å². The molecule has 5 aliphatic rings. The van der Waals surface area contributed by atoms with Gasteiger partial charge < -0.3 is 34.4 Å². The summed E-state index contributed by atoms with van der Waals surface area (Å²) in [7, 11) is -2.75. The van der Waals surface area contributed by atoms with Crippen molar-refractivity contribution >= 4 is 50.3 Å². The van der Waals surface area contributed by atoms with Gasteiger partial charge in [0, 0.05) is 36.2 Å². The molecule has 0 spiro atoms. The number of carbonyl (C=O) groups excluding carboxylic acids is 3. The van der Waals surface area contributed by atoms with Gasteiger partial charge in [-0.25, -0.2) is 22.6 Å². The maximum Gasteiger partial charge on any atom is 0.411 e. The number of pyridine rings is 1. The number of methoxy groups -OCH3 is 1. The Bertz CT molecular complexity index is 2290. The Morgan fingerprint density at radius 2 is 1.81 bits per heavy atom. The van der Waals surface area contributed by atoms with Crippen LogP contribution in [0.5, 0.6) is 11.6 Å². The summed E-state index contributed by atoms with van der Waals surface area (Å²) in [5.74, 6) is -5.68. The van der Waals surface area contributed by atoms with E-state index in [1.54, 1.807) is 19.1 Å². The summed E-state index contributed by atoms with van der Waals surface area (Å²) in [6, 6.07) is -0.833. The zero-order chi connectivity index (χ0) is 46.5. The van der Waals surface area contributed by atoms with Gasteiger partial charge in [0.25, 0.3) is 5.91 Å². The highest BCUT2D eigenvalue weighted by Crippen LogP contribution is 2.47. The molecule has 0 bridgehead atoms. The Hall–Kier alpha value is -4.92. The number of carbonyl (C=O) groups is 4. The van der Waals surface area contributed by atoms with Crippen LogP contribution in [0.3, 0.4) is 0 Å². The van der Waals surface area contributed by atoms with Crippen LogP contribution in [0.25, 0.3) is 10.8 Å². The van der Waals surface area contributed by atoms with Crippen molar-refractivity contribution in [3.63, 3.8) is 0 Å². The molecule has 64 heavy (non-hydrogen) atoms. The molecule has 21 heteroatoms. The fraction of sp³-hybridized carbons (Fsp3) is 0.651. The lowest BCUT2D eigenvalue weighted by atomic mass is 9.82. The third kappa shape index (κ3) is 9.15. The van der Waals surface area contributed by atoms with Crippen LogP contribution in [0.2, 0.25) is 0 Å². The quantitative estimate of drug-likeness (QED) is 0.210. The summed E-state index contributed by atoms with van der Waals surface area (Å²) in [6.45, 7) is 6.30. The smallest absolute Gasteiger partial charge is 0.411 e. The largest absolute Gasteiger partial charge is 0.494 e. The molecule has 4 heterocycles. The highest BCUT2D eigenvalue weighted by atomic mass is 32.2. The highest BCUT2D eigenvalue weighted by molar-refractivity contribution is 7.91. The van der Waals surface area contributed by atoms with Crippen LogP contribution >= 0.6 is 0 Å². The first-order valence-corrected chi connectivity index (χ1v) is 23.3. The Morgan fingerprint density at radius 3 is 2.44 bits per heavy atom. The molecule has 0 radical (unpaired) electrons. The Kier molecular flexibility index (Phi) is 13.1. The maximum absolute atomic E-state index is 15.4. The molecular formula is C43H56F4N6O10S. The molecule has 2 saturated heterocycles. The maximum atomic E-state index is 15.4. The average Bonchev–Trinajstić information content (AvgIpc) is 4.16. The molecule has 7 atom stereocenters. The number of rotatable bonds is 10. The third-order valence-electron chi connectivity index (χ3n) is 13.4. The number of ether oxygens (including phenoxy) is 3. The SMILES string of the molecule is CC[C@@H]1C[C@H](C)CC/C=C\[C@@H]2C[C@@]2(C(=O)NS(=O)(=O)C2CC2)NC(=O)[C@@H]2C[C@@H](Oc3ncc(N4CCOCC4)c4cc(OC)c(F)cc34)CN2C(=O)[C@H]1N(C(=O)O)C(C)(C)C(F)(F)F. The Labute approximate surface area is 369 Å². The molecule has 4 fully saturated rings. The predicted molar refractivity (Wildman–Crippen MR) is 225 cm³/mol. The number of anilines is 1. The lowest BCUT2D eigenvalue weighted by Gasteiger charge is -2.46. The molecule has 1 aromatic carbocycles. The number of halogens is 4. The number of hydrogen-bond donors (Lipinski definition) is 3. The van der Waals surface area contributed by atoms with Gasteiger partial charge in [0.2, 0.25) is 27.7 Å². The van der Waals surface area contributed by atoms with E-state index in [1.807, 2.05) is 11.8 Å². The van der Waals surface area contributed by atoms with E-state index in [9.17, 15) is 41.1 Å². The minimum Gasteiger partial charge on any atom is -0.494 e. The van der Waals surface area contributed by atoms with Gasteiger partial charge in [-0.05, 0) is 76.3 Å². The molecule has 2 aliphatic carbocycles. The number of nitrogens with zero attached hydrogens (tertiary/aromatic N) is 4. The Morgan fingerprint density at radius 1 is 1.11 bits per heavy atom. The van der Waals surface area contributed by atoms with Crippen LogP contribution in [-0.2, 0) is 29.1 Å². The monoisotopic (exact) mass is 924 g/mol. The van der Waals surface area contributed by atoms with Gasteiger partial charge in [-0.3, -0.25) is 24.0 Å². The fourth-order valence-electron chi connectivity index (χ4n) is 9.34. The molecule has 3 aliphatic heterocycles. The van der Waals surface area contributed by atoms with Crippen molar-refractivity contribution in [1.82, 2.24) is 24.8 Å². The molecule has 0 unspecified atom stereocenters. The number of fused-ring (bicyclic) bond motifs is 3. The van der Waals surface area contributed by atoms with Crippen LogP contribution in [0.15, 0.2) is 30.5 Å². The summed E-state index contributed by atoms with van der Waals surface area (Å²) in [5, 5.41) is 13.3. The summed E-state index contributed by atoms with van der Waals surface area (Å²) >= 11 is 0. The molecule has 2 saturated carbocycles. The van der Waals surface area contributed by atoms with Crippen molar-refractivity contribution in [3.05, 3.63) is 36.3 Å². The number of amides is 4. The van der Waals surface area contributed by atoms with Crippen molar-refractivity contribution in [1.29, 1.82) is 0 Å². The summed E-state index contributed by atoms with van der Waals surface area (Å²) < 4.78 is 105. The number of aromatic nitrogens is 1. The topological polar surface area (TPSA) is 197 Å². The number of hydrogen-bond acceptors (Lipinski definition) is 11. The van der Waals surface area contributed by atoms with Crippen molar-refractivity contribution in [2.24, 2.45) is 17.8 Å². The standard InChI is InChI=1S/C43H56F4N6O10S/c1-6-25-17-24(2)9-7-8-10-26-21-42(26,39(56)50-64(59,60)28-11-12-28)49-36(54)32-18-27(23-52(32)38(55)35(25)53(40(57)58)41(3,4)43(45,46)47)63-37-30-19-31(44)34(61-5)20-29(30)33(22-48-37)51-13-15-62-16-14-51/h8,10,19-20,22,24-28,32,35H,6-7,9,11-18,21,23H2,1-5H3,(H,49,54)(H,50,56)(H,57,58)/b10-8-/t24-,25-,26-,27-,32+,35+,42-/m1/s1. The third-order valence-corrected chi connectivity index (χ3v) is 15.3. The van der Waals surface area contributed by atoms with E-state index in [-0.39, 0.29) is 53.5 Å². The van der Waals surface area contributed by atoms with E-state index in [1.165, 1.54) is 25.4 Å². The zero-order valence-electron chi connectivity index (χ0n) is 36.5. The fourth-order valence-corrected chi connectivity index (χ4v) is 10.7. The van der Waals surface area contributed by atoms with Gasteiger partial charge in [-0.1, -0.05) is 32.4 Å². The summed E-state index contributed by atoms with van der Waals surface area (Å²) in [4.78, 5) is 64.7. The second-order valence-electron chi connectivity index (χ2n) is 18.2. The van der Waals surface area contributed by atoms with Crippen molar-refractivity contribution < 1.29 is 64.5 Å². The second kappa shape index (κ2) is 17.8. The number of benzene rings is 1. The number of carboxylic acid groups (broad SMARTS) is 1. The molecule has 2 aromatic rings. The van der Waals surface area contributed by atoms with Gasteiger partial charge in [0.05, 0.1) is 44.0 Å².